The standard InChI is InChI=1S/C20H26O3/c1-19-7-6-14-18(15(19)8-12(10-19)11-21)16(22)9-13-4-3-5-17(23)20(13,14)2/h9,11,14-15,18,21H,3-8,10H2,1-2H3/t14-,15+,18-,19-,20+/m1/s1. The third-order valence-corrected chi connectivity index (χ3v) is 7.57. The Hall–Kier alpha value is -1.38. The van der Waals surface area contributed by atoms with Gasteiger partial charge in [0.15, 0.2) is 5.78 Å². The summed E-state index contributed by atoms with van der Waals surface area (Å²) in [5.41, 5.74) is 1.86. The summed E-state index contributed by atoms with van der Waals surface area (Å²) in [6.07, 6.45) is 9.26. The van der Waals surface area contributed by atoms with Gasteiger partial charge in [0.25, 0.3) is 0 Å². The van der Waals surface area contributed by atoms with Gasteiger partial charge < -0.3 is 5.11 Å². The molecule has 0 saturated heterocycles. The molecule has 3 heteroatoms. The van der Waals surface area contributed by atoms with E-state index in [1.807, 2.05) is 6.08 Å². The number of carbonyl (C=O) groups excluding carboxylic acids is 2. The number of Topliss-reactive ketones (excluding diaryl/α,β-unsaturated/α-hetero) is 1. The van der Waals surface area contributed by atoms with Crippen LogP contribution in [0.1, 0.15) is 58.8 Å². The molecule has 4 aliphatic rings. The fourth-order valence-corrected chi connectivity index (χ4v) is 6.25. The van der Waals surface area contributed by atoms with Crippen molar-refractivity contribution in [2.75, 3.05) is 0 Å². The van der Waals surface area contributed by atoms with Gasteiger partial charge in [-0.3, -0.25) is 9.59 Å². The largest absolute Gasteiger partial charge is 0.516 e. The Morgan fingerprint density at radius 1 is 1.22 bits per heavy atom. The van der Waals surface area contributed by atoms with E-state index >= 15 is 0 Å². The Kier molecular flexibility index (Phi) is 3.17. The fraction of sp³-hybridized carbons (Fsp3) is 0.700. The molecule has 0 unspecified atom stereocenters. The lowest BCUT2D eigenvalue weighted by Gasteiger charge is -2.54. The number of hydrogen-bond donors (Lipinski definition) is 1. The molecule has 4 aliphatic carbocycles. The van der Waals surface area contributed by atoms with Gasteiger partial charge in [0.1, 0.15) is 5.78 Å². The molecule has 0 aromatic carbocycles. The van der Waals surface area contributed by atoms with Crippen LogP contribution in [0.15, 0.2) is 23.5 Å². The Morgan fingerprint density at radius 3 is 2.74 bits per heavy atom. The number of aliphatic hydroxyl groups excluding tert-OH is 1. The molecule has 0 spiro atoms. The molecule has 1 N–H and O–H groups in total. The van der Waals surface area contributed by atoms with Crippen molar-refractivity contribution in [3.05, 3.63) is 23.5 Å². The highest BCUT2D eigenvalue weighted by molar-refractivity contribution is 6.00. The average Bonchev–Trinajstić information content (AvgIpc) is 2.87. The molecule has 124 valence electrons. The summed E-state index contributed by atoms with van der Waals surface area (Å²) in [5, 5.41) is 9.46. The number of ketones is 2. The number of allylic oxidation sites excluding steroid dienone is 3. The molecule has 3 fully saturated rings. The average molecular weight is 314 g/mol. The highest BCUT2D eigenvalue weighted by atomic mass is 16.2. The number of hydrogen-bond acceptors (Lipinski definition) is 3. The Labute approximate surface area is 137 Å². The van der Waals surface area contributed by atoms with Crippen molar-refractivity contribution in [3.63, 3.8) is 0 Å². The van der Waals surface area contributed by atoms with Gasteiger partial charge in [-0.1, -0.05) is 12.5 Å². The van der Waals surface area contributed by atoms with Crippen LogP contribution in [0.4, 0.5) is 0 Å². The summed E-state index contributed by atoms with van der Waals surface area (Å²) in [6.45, 7) is 4.37. The molecule has 3 nitrogen and oxygen atoms in total. The number of rotatable bonds is 0. The summed E-state index contributed by atoms with van der Waals surface area (Å²) in [4.78, 5) is 25.7. The Balaban J connectivity index is 1.80. The van der Waals surface area contributed by atoms with Crippen LogP contribution in [0.5, 0.6) is 0 Å². The van der Waals surface area contributed by atoms with Crippen LogP contribution in [-0.4, -0.2) is 16.7 Å². The van der Waals surface area contributed by atoms with Crippen LogP contribution >= 0.6 is 0 Å². The maximum Gasteiger partial charge on any atom is 0.159 e. The maximum atomic E-state index is 12.9. The first-order chi connectivity index (χ1) is 10.9. The van der Waals surface area contributed by atoms with Gasteiger partial charge in [0.2, 0.25) is 0 Å². The summed E-state index contributed by atoms with van der Waals surface area (Å²) < 4.78 is 0. The molecule has 0 aromatic rings. The molecular weight excluding hydrogens is 288 g/mol. The van der Waals surface area contributed by atoms with Crippen molar-refractivity contribution in [3.8, 4) is 0 Å². The summed E-state index contributed by atoms with van der Waals surface area (Å²) in [7, 11) is 0. The zero-order valence-corrected chi connectivity index (χ0v) is 14.1. The second-order valence-electron chi connectivity index (χ2n) is 8.65. The molecule has 0 radical (unpaired) electrons. The van der Waals surface area contributed by atoms with Gasteiger partial charge in [0.05, 0.1) is 11.7 Å². The molecule has 0 aliphatic heterocycles. The van der Waals surface area contributed by atoms with Crippen molar-refractivity contribution in [1.29, 1.82) is 0 Å². The van der Waals surface area contributed by atoms with Crippen LogP contribution in [0.2, 0.25) is 0 Å². The van der Waals surface area contributed by atoms with E-state index in [1.54, 1.807) is 0 Å². The molecule has 23 heavy (non-hydrogen) atoms. The first-order valence-electron chi connectivity index (χ1n) is 9.00. The van der Waals surface area contributed by atoms with Gasteiger partial charge in [-0.25, -0.2) is 0 Å². The predicted molar refractivity (Wildman–Crippen MR) is 87.8 cm³/mol. The normalized spacial score (nSPS) is 47.8. The molecular formula is C20H26O3. The maximum absolute atomic E-state index is 12.9. The third-order valence-electron chi connectivity index (χ3n) is 7.57. The highest BCUT2D eigenvalue weighted by Gasteiger charge is 2.60. The van der Waals surface area contributed by atoms with Crippen molar-refractivity contribution < 1.29 is 14.7 Å². The minimum atomic E-state index is -0.413. The second-order valence-corrected chi connectivity index (χ2v) is 8.65. The third kappa shape index (κ3) is 1.88. The predicted octanol–water partition coefficient (Wildman–Crippen LogP) is 4.14. The van der Waals surface area contributed by atoms with E-state index in [1.165, 1.54) is 6.26 Å². The van der Waals surface area contributed by atoms with E-state index in [-0.39, 0.29) is 29.0 Å². The van der Waals surface area contributed by atoms with Crippen LogP contribution in [0, 0.1) is 28.6 Å². The lowest BCUT2D eigenvalue weighted by atomic mass is 9.47. The van der Waals surface area contributed by atoms with Crippen molar-refractivity contribution in [2.24, 2.45) is 28.6 Å². The Morgan fingerprint density at radius 2 is 2.00 bits per heavy atom. The second kappa shape index (κ2) is 4.81. The minimum Gasteiger partial charge on any atom is -0.516 e. The van der Waals surface area contributed by atoms with Gasteiger partial charge in [0, 0.05) is 12.3 Å². The van der Waals surface area contributed by atoms with Crippen LogP contribution < -0.4 is 0 Å². The van der Waals surface area contributed by atoms with E-state index in [0.29, 0.717) is 12.2 Å². The van der Waals surface area contributed by atoms with Gasteiger partial charge in [-0.15, -0.1) is 0 Å². The highest BCUT2D eigenvalue weighted by Crippen LogP contribution is 2.64. The van der Waals surface area contributed by atoms with Crippen molar-refractivity contribution in [2.45, 2.75) is 58.8 Å². The number of carbonyl (C=O) groups is 2. The zero-order chi connectivity index (χ0) is 16.4. The minimum absolute atomic E-state index is 0.0398. The van der Waals surface area contributed by atoms with E-state index in [4.69, 9.17) is 0 Å². The lowest BCUT2D eigenvalue weighted by Crippen LogP contribution is -2.54. The first kappa shape index (κ1) is 15.2. The number of aliphatic hydroxyl groups is 1. The number of fused-ring (bicyclic) bond motifs is 5. The summed E-state index contributed by atoms with van der Waals surface area (Å²) >= 11 is 0. The molecule has 0 amide bonds. The molecule has 0 heterocycles. The molecule has 5 atom stereocenters. The molecule has 0 aromatic heterocycles. The zero-order valence-electron chi connectivity index (χ0n) is 14.1. The molecule has 4 rings (SSSR count). The summed E-state index contributed by atoms with van der Waals surface area (Å²) in [5.74, 6) is 0.988. The van der Waals surface area contributed by atoms with Gasteiger partial charge in [-0.2, -0.15) is 0 Å². The van der Waals surface area contributed by atoms with Crippen molar-refractivity contribution in [1.82, 2.24) is 0 Å². The lowest BCUT2D eigenvalue weighted by molar-refractivity contribution is -0.142. The van der Waals surface area contributed by atoms with Crippen molar-refractivity contribution >= 4 is 11.6 Å². The van der Waals surface area contributed by atoms with E-state index in [2.05, 4.69) is 13.8 Å². The fourth-order valence-electron chi connectivity index (χ4n) is 6.25. The van der Waals surface area contributed by atoms with Gasteiger partial charge in [-0.05, 0) is 74.3 Å². The quantitative estimate of drug-likeness (QED) is 0.684. The SMILES string of the molecule is C[C@]12CC[C@@H]3[C@@H](C(=O)C=C4CCCC(=O)[C@@]43C)[C@@H]1CC(=CO)C2. The smallest absolute Gasteiger partial charge is 0.159 e. The van der Waals surface area contributed by atoms with Crippen LogP contribution in [0.3, 0.4) is 0 Å². The van der Waals surface area contributed by atoms with Crippen LogP contribution in [0.25, 0.3) is 0 Å². The monoisotopic (exact) mass is 314 g/mol. The molecule has 3 saturated carbocycles. The van der Waals surface area contributed by atoms with Gasteiger partial charge >= 0.3 is 0 Å². The Bertz CT molecular complexity index is 643. The van der Waals surface area contributed by atoms with E-state index in [9.17, 15) is 14.7 Å². The summed E-state index contributed by atoms with van der Waals surface area (Å²) in [6, 6.07) is 0. The van der Waals surface area contributed by atoms with E-state index < -0.39 is 5.41 Å². The van der Waals surface area contributed by atoms with Crippen LogP contribution in [-0.2, 0) is 9.59 Å². The molecule has 0 bridgehead atoms. The van der Waals surface area contributed by atoms with E-state index in [0.717, 1.165) is 49.7 Å². The first-order valence-corrected chi connectivity index (χ1v) is 9.00. The topological polar surface area (TPSA) is 54.4 Å².